The van der Waals surface area contributed by atoms with Crippen LogP contribution in [0.5, 0.6) is 0 Å². The summed E-state index contributed by atoms with van der Waals surface area (Å²) < 4.78 is 43.2. The van der Waals surface area contributed by atoms with Crippen molar-refractivity contribution in [2.45, 2.75) is 18.7 Å². The van der Waals surface area contributed by atoms with E-state index >= 15 is 0 Å². The molecule has 5 nitrogen and oxygen atoms in total. The zero-order chi connectivity index (χ0) is 21.7. The first kappa shape index (κ1) is 21.7. The third kappa shape index (κ3) is 5.55. The van der Waals surface area contributed by atoms with Crippen molar-refractivity contribution in [3.8, 4) is 0 Å². The molecule has 0 saturated carbocycles. The molecule has 1 heterocycles. The highest BCUT2D eigenvalue weighted by Gasteiger charge is 2.30. The summed E-state index contributed by atoms with van der Waals surface area (Å²) >= 11 is 0. The Kier molecular flexibility index (Phi) is 6.69. The lowest BCUT2D eigenvalue weighted by Gasteiger charge is -2.36. The van der Waals surface area contributed by atoms with Crippen LogP contribution in [0.3, 0.4) is 0 Å². The summed E-state index contributed by atoms with van der Waals surface area (Å²) in [6.45, 7) is 1.81. The molecule has 0 N–H and O–H groups in total. The largest absolute Gasteiger partial charge is 0.466 e. The van der Waals surface area contributed by atoms with E-state index < -0.39 is 23.7 Å². The van der Waals surface area contributed by atoms with E-state index in [1.165, 1.54) is 12.1 Å². The highest BCUT2D eigenvalue weighted by molar-refractivity contribution is 6.55. The summed E-state index contributed by atoms with van der Waals surface area (Å²) in [4.78, 5) is 27.5. The molecule has 1 aliphatic rings. The van der Waals surface area contributed by atoms with E-state index in [2.05, 4.69) is 0 Å². The number of ether oxygens (including phenoxy) is 1. The highest BCUT2D eigenvalue weighted by atomic mass is 19.4. The Labute approximate surface area is 173 Å². The summed E-state index contributed by atoms with van der Waals surface area (Å²) in [5.74, 6) is -1.14. The minimum Gasteiger partial charge on any atom is -0.466 e. The minimum absolute atomic E-state index is 0.0345. The Morgan fingerprint density at radius 3 is 2.10 bits per heavy atom. The zero-order valence-electron chi connectivity index (χ0n) is 16.1. The van der Waals surface area contributed by atoms with Crippen LogP contribution in [-0.4, -0.2) is 50.7 Å². The standard InChI is InChI=1S/C21H20BF3N2O3/c22-20(29)30-18(15-4-2-1-3-5-15)14-19(28)27-12-10-26(11-13-27)17-8-6-16(7-9-17)21(23,24)25/h1-9,18H,10-14H2. The quantitative estimate of drug-likeness (QED) is 0.697. The molecule has 1 amide bonds. The fraction of sp³-hybridized carbons (Fsp3) is 0.333. The van der Waals surface area contributed by atoms with E-state index in [0.717, 1.165) is 12.1 Å². The summed E-state index contributed by atoms with van der Waals surface area (Å²) in [5, 5.41) is 0. The van der Waals surface area contributed by atoms with E-state index in [9.17, 15) is 22.8 Å². The molecule has 30 heavy (non-hydrogen) atoms. The van der Waals surface area contributed by atoms with Gasteiger partial charge in [0.2, 0.25) is 19.6 Å². The fourth-order valence-electron chi connectivity index (χ4n) is 3.40. The van der Waals surface area contributed by atoms with Gasteiger partial charge in [0.1, 0.15) is 6.10 Å². The molecule has 1 saturated heterocycles. The Morgan fingerprint density at radius 2 is 1.57 bits per heavy atom. The maximum Gasteiger partial charge on any atom is 0.416 e. The molecule has 9 heteroatoms. The number of hydrogen-bond donors (Lipinski definition) is 0. The van der Waals surface area contributed by atoms with Gasteiger partial charge in [0, 0.05) is 31.9 Å². The molecule has 2 aromatic carbocycles. The van der Waals surface area contributed by atoms with Gasteiger partial charge in [-0.25, -0.2) is 0 Å². The van der Waals surface area contributed by atoms with Gasteiger partial charge in [0.15, 0.2) is 0 Å². The molecule has 2 aromatic rings. The van der Waals surface area contributed by atoms with E-state index in [0.29, 0.717) is 37.4 Å². The van der Waals surface area contributed by atoms with Crippen LogP contribution >= 0.6 is 0 Å². The number of carbonyl (C=O) groups is 2. The number of carbonyl (C=O) groups excluding carboxylic acids is 2. The van der Waals surface area contributed by atoms with Crippen LogP contribution in [-0.2, 0) is 15.7 Å². The van der Waals surface area contributed by atoms with Crippen LogP contribution in [0.2, 0.25) is 0 Å². The molecule has 0 spiro atoms. The predicted octanol–water partition coefficient (Wildman–Crippen LogP) is 3.79. The Balaban J connectivity index is 1.58. The van der Waals surface area contributed by atoms with E-state index in [1.807, 2.05) is 11.0 Å². The van der Waals surface area contributed by atoms with Crippen molar-refractivity contribution in [3.63, 3.8) is 0 Å². The SMILES string of the molecule is [B]C(=O)OC(CC(=O)N1CCN(c2ccc(C(F)(F)F)cc2)CC1)c1ccccc1. The number of amides is 1. The van der Waals surface area contributed by atoms with Crippen molar-refractivity contribution in [1.29, 1.82) is 0 Å². The van der Waals surface area contributed by atoms with Gasteiger partial charge in [-0.3, -0.25) is 9.59 Å². The number of alkyl halides is 3. The van der Waals surface area contributed by atoms with Gasteiger partial charge in [-0.15, -0.1) is 0 Å². The van der Waals surface area contributed by atoms with Crippen LogP contribution in [0.4, 0.5) is 23.7 Å². The lowest BCUT2D eigenvalue weighted by molar-refractivity contribution is -0.137. The number of anilines is 1. The molecule has 2 radical (unpaired) electrons. The summed E-state index contributed by atoms with van der Waals surface area (Å²) in [6.07, 6.45) is -5.18. The first-order valence-corrected chi connectivity index (χ1v) is 9.45. The molecule has 0 aromatic heterocycles. The number of piperazine rings is 1. The average Bonchev–Trinajstić information content (AvgIpc) is 2.73. The maximum atomic E-state index is 12.7. The first-order chi connectivity index (χ1) is 14.2. The third-order valence-corrected chi connectivity index (χ3v) is 4.98. The fourth-order valence-corrected chi connectivity index (χ4v) is 3.40. The van der Waals surface area contributed by atoms with E-state index in [-0.39, 0.29) is 12.3 Å². The zero-order valence-corrected chi connectivity index (χ0v) is 16.1. The lowest BCUT2D eigenvalue weighted by Crippen LogP contribution is -2.49. The van der Waals surface area contributed by atoms with Crippen LogP contribution in [0.1, 0.15) is 23.7 Å². The second-order valence-corrected chi connectivity index (χ2v) is 6.95. The van der Waals surface area contributed by atoms with Crippen molar-refractivity contribution < 1.29 is 27.5 Å². The van der Waals surface area contributed by atoms with Gasteiger partial charge in [0.25, 0.3) is 0 Å². The Morgan fingerprint density at radius 1 is 0.967 bits per heavy atom. The maximum absolute atomic E-state index is 12.7. The Hall–Kier alpha value is -2.97. The smallest absolute Gasteiger partial charge is 0.416 e. The summed E-state index contributed by atoms with van der Waals surface area (Å²) in [6, 6.07) is 13.9. The number of hydrogen-bond acceptors (Lipinski definition) is 4. The molecular formula is C21H20BF3N2O3. The molecule has 156 valence electrons. The minimum atomic E-state index is -4.37. The second kappa shape index (κ2) is 9.23. The van der Waals surface area contributed by atoms with Crippen molar-refractivity contribution in [1.82, 2.24) is 4.90 Å². The van der Waals surface area contributed by atoms with Crippen LogP contribution < -0.4 is 4.90 Å². The van der Waals surface area contributed by atoms with Gasteiger partial charge < -0.3 is 14.5 Å². The number of rotatable bonds is 5. The van der Waals surface area contributed by atoms with Gasteiger partial charge >= 0.3 is 6.18 Å². The van der Waals surface area contributed by atoms with Gasteiger partial charge in [-0.2, -0.15) is 13.2 Å². The molecule has 0 bridgehead atoms. The average molecular weight is 416 g/mol. The van der Waals surface area contributed by atoms with Crippen LogP contribution in [0.25, 0.3) is 0 Å². The predicted molar refractivity (Wildman–Crippen MR) is 106 cm³/mol. The number of nitrogens with zero attached hydrogens (tertiary/aromatic N) is 2. The van der Waals surface area contributed by atoms with Gasteiger partial charge in [-0.05, 0) is 29.8 Å². The topological polar surface area (TPSA) is 49.9 Å². The monoisotopic (exact) mass is 416 g/mol. The molecule has 3 rings (SSSR count). The molecule has 1 fully saturated rings. The Bertz CT molecular complexity index is 867. The number of halogens is 3. The van der Waals surface area contributed by atoms with E-state index in [1.54, 1.807) is 29.2 Å². The van der Waals surface area contributed by atoms with Gasteiger partial charge in [0.05, 0.1) is 12.0 Å². The van der Waals surface area contributed by atoms with Gasteiger partial charge in [-0.1, -0.05) is 30.3 Å². The molecular weight excluding hydrogens is 396 g/mol. The normalized spacial score (nSPS) is 15.6. The van der Waals surface area contributed by atoms with Crippen molar-refractivity contribution in [3.05, 3.63) is 65.7 Å². The van der Waals surface area contributed by atoms with Crippen LogP contribution in [0, 0.1) is 0 Å². The second-order valence-electron chi connectivity index (χ2n) is 6.95. The molecule has 0 aliphatic carbocycles. The molecule has 1 aliphatic heterocycles. The first-order valence-electron chi connectivity index (χ1n) is 9.45. The van der Waals surface area contributed by atoms with Crippen molar-refractivity contribution in [2.75, 3.05) is 31.1 Å². The van der Waals surface area contributed by atoms with E-state index in [4.69, 9.17) is 12.6 Å². The number of benzene rings is 2. The third-order valence-electron chi connectivity index (χ3n) is 4.98. The lowest BCUT2D eigenvalue weighted by atomic mass is 10.0. The molecule has 1 unspecified atom stereocenters. The van der Waals surface area contributed by atoms with Crippen LogP contribution in [0.15, 0.2) is 54.6 Å². The summed E-state index contributed by atoms with van der Waals surface area (Å²) in [7, 11) is 5.14. The molecule has 1 atom stereocenters. The van der Waals surface area contributed by atoms with Crippen molar-refractivity contribution in [2.24, 2.45) is 0 Å². The highest BCUT2D eigenvalue weighted by Crippen LogP contribution is 2.31. The van der Waals surface area contributed by atoms with Crippen molar-refractivity contribution >= 4 is 25.3 Å². The summed E-state index contributed by atoms with van der Waals surface area (Å²) in [5.41, 5.74) is 0.656.